The first-order valence-electron chi connectivity index (χ1n) is 7.78. The van der Waals surface area contributed by atoms with Gasteiger partial charge in [0.1, 0.15) is 11.4 Å². The van der Waals surface area contributed by atoms with Crippen LogP contribution in [0, 0.1) is 0 Å². The number of carbonyl (C=O) groups excluding carboxylic acids is 1. The van der Waals surface area contributed by atoms with Gasteiger partial charge in [-0.15, -0.1) is 0 Å². The van der Waals surface area contributed by atoms with Crippen LogP contribution in [0.3, 0.4) is 0 Å². The van der Waals surface area contributed by atoms with E-state index in [-0.39, 0.29) is 6.09 Å². The van der Waals surface area contributed by atoms with Crippen molar-refractivity contribution in [2.45, 2.75) is 37.8 Å². The molecule has 4 rings (SSSR count). The van der Waals surface area contributed by atoms with Gasteiger partial charge in [-0.2, -0.15) is 0 Å². The Labute approximate surface area is 129 Å². The maximum absolute atomic E-state index is 12.6. The molecule has 4 nitrogen and oxygen atoms in total. The first-order valence-corrected chi connectivity index (χ1v) is 7.78. The van der Waals surface area contributed by atoms with Crippen molar-refractivity contribution >= 4 is 11.9 Å². The maximum atomic E-state index is 12.6. The molecule has 112 valence electrons. The summed E-state index contributed by atoms with van der Waals surface area (Å²) in [6.07, 6.45) is 5.46. The van der Waals surface area contributed by atoms with E-state index >= 15 is 0 Å². The Morgan fingerprint density at radius 2 is 1.86 bits per heavy atom. The van der Waals surface area contributed by atoms with Crippen molar-refractivity contribution in [3.05, 3.63) is 59.8 Å². The summed E-state index contributed by atoms with van der Waals surface area (Å²) in [6.45, 7) is 0.486. The quantitative estimate of drug-likeness (QED) is 0.840. The van der Waals surface area contributed by atoms with E-state index < -0.39 is 5.60 Å². The number of ether oxygens (including phenoxy) is 1. The minimum atomic E-state index is -0.451. The predicted octanol–water partition coefficient (Wildman–Crippen LogP) is 4.01. The van der Waals surface area contributed by atoms with Gasteiger partial charge in [-0.05, 0) is 43.4 Å². The minimum absolute atomic E-state index is 0.281. The summed E-state index contributed by atoms with van der Waals surface area (Å²) in [7, 11) is 0. The second kappa shape index (κ2) is 5.13. The average molecular weight is 294 g/mol. The van der Waals surface area contributed by atoms with E-state index in [2.05, 4.69) is 11.1 Å². The van der Waals surface area contributed by atoms with E-state index in [9.17, 15) is 4.79 Å². The Morgan fingerprint density at radius 3 is 2.64 bits per heavy atom. The molecule has 4 heteroatoms. The van der Waals surface area contributed by atoms with E-state index in [0.29, 0.717) is 6.54 Å². The van der Waals surface area contributed by atoms with Gasteiger partial charge in [0.05, 0.1) is 6.54 Å². The summed E-state index contributed by atoms with van der Waals surface area (Å²) in [4.78, 5) is 18.7. The van der Waals surface area contributed by atoms with Crippen molar-refractivity contribution in [2.75, 3.05) is 4.90 Å². The molecule has 1 aromatic carbocycles. The highest BCUT2D eigenvalue weighted by Crippen LogP contribution is 2.48. The highest BCUT2D eigenvalue weighted by atomic mass is 16.6. The fourth-order valence-electron chi connectivity index (χ4n) is 3.55. The fourth-order valence-corrected chi connectivity index (χ4v) is 3.55. The first-order chi connectivity index (χ1) is 10.8. The van der Waals surface area contributed by atoms with Crippen LogP contribution < -0.4 is 4.90 Å². The molecule has 1 amide bonds. The van der Waals surface area contributed by atoms with Gasteiger partial charge in [0.25, 0.3) is 0 Å². The lowest BCUT2D eigenvalue weighted by molar-refractivity contribution is 0.00989. The lowest BCUT2D eigenvalue weighted by Crippen LogP contribution is -2.45. The molecule has 1 saturated carbocycles. The van der Waals surface area contributed by atoms with Crippen LogP contribution in [-0.2, 0) is 16.9 Å². The van der Waals surface area contributed by atoms with Gasteiger partial charge in [-0.25, -0.2) is 9.78 Å². The summed E-state index contributed by atoms with van der Waals surface area (Å²) < 4.78 is 5.89. The van der Waals surface area contributed by atoms with Gasteiger partial charge < -0.3 is 4.74 Å². The summed E-state index contributed by atoms with van der Waals surface area (Å²) in [5, 5.41) is 0. The highest BCUT2D eigenvalue weighted by molar-refractivity contribution is 5.90. The number of fused-ring (bicyclic) bond motifs is 2. The number of rotatable bonds is 2. The Kier molecular flexibility index (Phi) is 3.10. The number of amides is 1. The molecule has 0 atom stereocenters. The van der Waals surface area contributed by atoms with Crippen LogP contribution in [0.25, 0.3) is 0 Å². The Morgan fingerprint density at radius 1 is 1.09 bits per heavy atom. The van der Waals surface area contributed by atoms with Gasteiger partial charge >= 0.3 is 6.09 Å². The molecule has 22 heavy (non-hydrogen) atoms. The van der Waals surface area contributed by atoms with Gasteiger partial charge in [0, 0.05) is 11.8 Å². The van der Waals surface area contributed by atoms with Crippen molar-refractivity contribution in [2.24, 2.45) is 0 Å². The molecule has 0 N–H and O–H groups in total. The normalized spacial score (nSPS) is 19.1. The maximum Gasteiger partial charge on any atom is 0.416 e. The topological polar surface area (TPSA) is 42.4 Å². The summed E-state index contributed by atoms with van der Waals surface area (Å²) in [6, 6.07) is 13.9. The standard InChI is InChI=1S/C18H18N2O2/c21-17-20(13-14-7-2-1-3-8-14)16-15(9-6-12-19-16)18(22-17)10-4-5-11-18/h1-3,6-9,12H,4-5,10-11,13H2. The molecule has 0 bridgehead atoms. The number of aromatic nitrogens is 1. The predicted molar refractivity (Wildman–Crippen MR) is 83.5 cm³/mol. The van der Waals surface area contributed by atoms with Crippen LogP contribution >= 0.6 is 0 Å². The number of anilines is 1. The number of nitrogens with zero attached hydrogens (tertiary/aromatic N) is 2. The molecule has 0 saturated heterocycles. The second-order valence-electron chi connectivity index (χ2n) is 6.02. The molecule has 1 spiro atoms. The van der Waals surface area contributed by atoms with E-state index in [1.54, 1.807) is 11.1 Å². The van der Waals surface area contributed by atoms with Gasteiger partial charge in [0.15, 0.2) is 0 Å². The highest BCUT2D eigenvalue weighted by Gasteiger charge is 2.47. The van der Waals surface area contributed by atoms with Gasteiger partial charge in [-0.3, -0.25) is 4.90 Å². The number of carbonyl (C=O) groups is 1. The van der Waals surface area contributed by atoms with Crippen molar-refractivity contribution in [3.8, 4) is 0 Å². The van der Waals surface area contributed by atoms with Crippen LogP contribution in [-0.4, -0.2) is 11.1 Å². The molecule has 2 aromatic rings. The van der Waals surface area contributed by atoms with E-state index in [1.165, 1.54) is 0 Å². The van der Waals surface area contributed by atoms with Crippen LogP contribution in [0.2, 0.25) is 0 Å². The second-order valence-corrected chi connectivity index (χ2v) is 6.02. The van der Waals surface area contributed by atoms with Crippen LogP contribution in [0.15, 0.2) is 48.7 Å². The summed E-state index contributed by atoms with van der Waals surface area (Å²) >= 11 is 0. The molecule has 1 fully saturated rings. The first kappa shape index (κ1) is 13.3. The third kappa shape index (κ3) is 2.06. The molecule has 0 unspecified atom stereocenters. The molecular weight excluding hydrogens is 276 g/mol. The molecule has 0 radical (unpaired) electrons. The molecule has 2 heterocycles. The van der Waals surface area contributed by atoms with E-state index in [4.69, 9.17) is 4.74 Å². The number of pyridine rings is 1. The summed E-state index contributed by atoms with van der Waals surface area (Å²) in [5.41, 5.74) is 1.68. The van der Waals surface area contributed by atoms with Crippen molar-refractivity contribution in [1.82, 2.24) is 4.98 Å². The lowest BCUT2D eigenvalue weighted by Gasteiger charge is -2.39. The van der Waals surface area contributed by atoms with Crippen molar-refractivity contribution in [1.29, 1.82) is 0 Å². The third-order valence-corrected chi connectivity index (χ3v) is 4.63. The third-order valence-electron chi connectivity index (χ3n) is 4.63. The molecular formula is C18H18N2O2. The zero-order valence-corrected chi connectivity index (χ0v) is 12.4. The van der Waals surface area contributed by atoms with Gasteiger partial charge in [0.2, 0.25) is 0 Å². The molecule has 1 aliphatic carbocycles. The molecule has 1 aromatic heterocycles. The average Bonchev–Trinajstić information content (AvgIpc) is 3.02. The Balaban J connectivity index is 1.75. The van der Waals surface area contributed by atoms with Gasteiger partial charge in [-0.1, -0.05) is 30.3 Å². The zero-order chi connectivity index (χ0) is 15.0. The fraction of sp³-hybridized carbons (Fsp3) is 0.333. The van der Waals surface area contributed by atoms with Crippen molar-refractivity contribution < 1.29 is 9.53 Å². The monoisotopic (exact) mass is 294 g/mol. The van der Waals surface area contributed by atoms with Crippen LogP contribution in [0.5, 0.6) is 0 Å². The number of benzene rings is 1. The number of hydrogen-bond donors (Lipinski definition) is 0. The SMILES string of the molecule is O=C1OC2(CCCC2)c2cccnc2N1Cc1ccccc1. The Hall–Kier alpha value is -2.36. The lowest BCUT2D eigenvalue weighted by atomic mass is 9.90. The molecule has 2 aliphatic rings. The van der Waals surface area contributed by atoms with Crippen LogP contribution in [0.1, 0.15) is 36.8 Å². The Bertz CT molecular complexity index is 693. The smallest absolute Gasteiger partial charge is 0.416 e. The zero-order valence-electron chi connectivity index (χ0n) is 12.4. The van der Waals surface area contributed by atoms with E-state index in [1.807, 2.05) is 36.4 Å². The number of hydrogen-bond acceptors (Lipinski definition) is 3. The minimum Gasteiger partial charge on any atom is -0.437 e. The summed E-state index contributed by atoms with van der Waals surface area (Å²) in [5.74, 6) is 0.754. The largest absolute Gasteiger partial charge is 0.437 e. The van der Waals surface area contributed by atoms with Crippen LogP contribution in [0.4, 0.5) is 10.6 Å². The van der Waals surface area contributed by atoms with E-state index in [0.717, 1.165) is 42.6 Å². The molecule has 1 aliphatic heterocycles. The van der Waals surface area contributed by atoms with Crippen molar-refractivity contribution in [3.63, 3.8) is 0 Å².